The number of imide groups is 1. The number of benzene rings is 3. The largest absolute Gasteiger partial charge is 0.305 e. The first-order valence-electron chi connectivity index (χ1n) is 10.0. The van der Waals surface area contributed by atoms with Crippen LogP contribution in [0.15, 0.2) is 89.1 Å². The van der Waals surface area contributed by atoms with Gasteiger partial charge in [0.05, 0.1) is 29.5 Å². The van der Waals surface area contributed by atoms with Gasteiger partial charge in [-0.2, -0.15) is 10.2 Å². The van der Waals surface area contributed by atoms with Crippen molar-refractivity contribution in [2.75, 3.05) is 11.4 Å². The Morgan fingerprint density at radius 3 is 2.19 bits per heavy atom. The van der Waals surface area contributed by atoms with Crippen LogP contribution in [0.5, 0.6) is 0 Å². The van der Waals surface area contributed by atoms with Crippen LogP contribution in [0.25, 0.3) is 0 Å². The lowest BCUT2D eigenvalue weighted by Crippen LogP contribution is -2.39. The molecule has 1 heterocycles. The van der Waals surface area contributed by atoms with Crippen molar-refractivity contribution in [2.45, 2.75) is 18.9 Å². The maximum Gasteiger partial charge on any atom is 0.251 e. The standard InChI is InChI=1S/C24H21FN4O2/c25-18-8-6-17(7-9-18)14-15-26-22-16-23(30)29(24(22)31)21-12-10-20(11-13-21)28-27-19-4-2-1-3-5-19/h1-13,22,26H,14-16H2/t22-/m1/s1. The Labute approximate surface area is 179 Å². The van der Waals surface area contributed by atoms with E-state index in [4.69, 9.17) is 0 Å². The molecule has 4 rings (SSSR count). The molecule has 0 saturated carbocycles. The van der Waals surface area contributed by atoms with Crippen molar-refractivity contribution in [3.63, 3.8) is 0 Å². The molecule has 3 aromatic carbocycles. The highest BCUT2D eigenvalue weighted by atomic mass is 19.1. The van der Waals surface area contributed by atoms with E-state index in [2.05, 4.69) is 15.5 Å². The Morgan fingerprint density at radius 1 is 0.871 bits per heavy atom. The van der Waals surface area contributed by atoms with Crippen LogP contribution >= 0.6 is 0 Å². The quantitative estimate of drug-likeness (QED) is 0.448. The Hall–Kier alpha value is -3.71. The highest BCUT2D eigenvalue weighted by Gasteiger charge is 2.39. The number of rotatable bonds is 7. The van der Waals surface area contributed by atoms with Crippen molar-refractivity contribution in [3.05, 3.63) is 90.2 Å². The molecule has 1 saturated heterocycles. The maximum absolute atomic E-state index is 13.0. The average Bonchev–Trinajstić information content (AvgIpc) is 3.08. The molecule has 1 N–H and O–H groups in total. The van der Waals surface area contributed by atoms with Gasteiger partial charge in [-0.1, -0.05) is 30.3 Å². The van der Waals surface area contributed by atoms with E-state index in [1.807, 2.05) is 30.3 Å². The molecule has 0 aromatic heterocycles. The number of carbonyl (C=O) groups is 2. The van der Waals surface area contributed by atoms with Gasteiger partial charge in [-0.3, -0.25) is 9.59 Å². The summed E-state index contributed by atoms with van der Waals surface area (Å²) < 4.78 is 13.0. The lowest BCUT2D eigenvalue weighted by atomic mass is 10.1. The van der Waals surface area contributed by atoms with Gasteiger partial charge in [0.15, 0.2) is 0 Å². The molecule has 0 radical (unpaired) electrons. The van der Waals surface area contributed by atoms with Crippen molar-refractivity contribution in [2.24, 2.45) is 10.2 Å². The van der Waals surface area contributed by atoms with Gasteiger partial charge in [-0.15, -0.1) is 0 Å². The normalized spacial score (nSPS) is 16.4. The van der Waals surface area contributed by atoms with Gasteiger partial charge in [0, 0.05) is 0 Å². The third-order valence-corrected chi connectivity index (χ3v) is 5.01. The smallest absolute Gasteiger partial charge is 0.251 e. The highest BCUT2D eigenvalue weighted by molar-refractivity contribution is 6.22. The topological polar surface area (TPSA) is 74.1 Å². The molecule has 31 heavy (non-hydrogen) atoms. The zero-order valence-electron chi connectivity index (χ0n) is 16.7. The van der Waals surface area contributed by atoms with Crippen LogP contribution in [0.1, 0.15) is 12.0 Å². The van der Waals surface area contributed by atoms with Crippen molar-refractivity contribution in [1.29, 1.82) is 0 Å². The summed E-state index contributed by atoms with van der Waals surface area (Å²) in [6.07, 6.45) is 0.747. The van der Waals surface area contributed by atoms with Crippen LogP contribution in [-0.2, 0) is 16.0 Å². The van der Waals surface area contributed by atoms with Crippen molar-refractivity contribution in [1.82, 2.24) is 5.32 Å². The molecule has 7 heteroatoms. The second-order valence-corrected chi connectivity index (χ2v) is 7.21. The van der Waals surface area contributed by atoms with Gasteiger partial charge in [-0.05, 0) is 67.1 Å². The number of amides is 2. The van der Waals surface area contributed by atoms with Crippen LogP contribution in [-0.4, -0.2) is 24.4 Å². The monoisotopic (exact) mass is 416 g/mol. The van der Waals surface area contributed by atoms with Crippen LogP contribution in [0, 0.1) is 5.82 Å². The molecule has 2 amide bonds. The summed E-state index contributed by atoms with van der Waals surface area (Å²) in [5.41, 5.74) is 2.84. The van der Waals surface area contributed by atoms with Crippen molar-refractivity contribution >= 4 is 28.9 Å². The van der Waals surface area contributed by atoms with E-state index in [1.54, 1.807) is 36.4 Å². The lowest BCUT2D eigenvalue weighted by molar-refractivity contribution is -0.121. The maximum atomic E-state index is 13.0. The van der Waals surface area contributed by atoms with Crippen molar-refractivity contribution in [3.8, 4) is 0 Å². The molecule has 0 aliphatic carbocycles. The number of nitrogens with zero attached hydrogens (tertiary/aromatic N) is 3. The summed E-state index contributed by atoms with van der Waals surface area (Å²) in [5.74, 6) is -0.804. The van der Waals surface area contributed by atoms with Crippen LogP contribution in [0.4, 0.5) is 21.5 Å². The summed E-state index contributed by atoms with van der Waals surface area (Å²) in [6, 6.07) is 21.9. The van der Waals surface area contributed by atoms with E-state index >= 15 is 0 Å². The number of azo groups is 1. The first-order valence-corrected chi connectivity index (χ1v) is 10.0. The fourth-order valence-corrected chi connectivity index (χ4v) is 3.38. The summed E-state index contributed by atoms with van der Waals surface area (Å²) in [5, 5.41) is 11.5. The fraction of sp³-hybridized carbons (Fsp3) is 0.167. The third kappa shape index (κ3) is 5.07. The summed E-state index contributed by atoms with van der Waals surface area (Å²) >= 11 is 0. The number of anilines is 1. The molecule has 1 aliphatic heterocycles. The van der Waals surface area contributed by atoms with E-state index in [0.29, 0.717) is 24.3 Å². The molecule has 0 bridgehead atoms. The van der Waals surface area contributed by atoms with Gasteiger partial charge in [-0.25, -0.2) is 9.29 Å². The Kier molecular flexibility index (Phi) is 6.24. The molecule has 1 atom stereocenters. The summed E-state index contributed by atoms with van der Waals surface area (Å²) in [6.45, 7) is 0.516. The predicted molar refractivity (Wildman–Crippen MR) is 116 cm³/mol. The molecule has 1 aliphatic rings. The van der Waals surface area contributed by atoms with Gasteiger partial charge < -0.3 is 5.32 Å². The number of nitrogens with one attached hydrogen (secondary N) is 1. The van der Waals surface area contributed by atoms with Gasteiger partial charge in [0.2, 0.25) is 5.91 Å². The van der Waals surface area contributed by atoms with Crippen LogP contribution < -0.4 is 10.2 Å². The minimum Gasteiger partial charge on any atom is -0.305 e. The highest BCUT2D eigenvalue weighted by Crippen LogP contribution is 2.26. The van der Waals surface area contributed by atoms with E-state index in [9.17, 15) is 14.0 Å². The molecular weight excluding hydrogens is 395 g/mol. The second kappa shape index (κ2) is 9.40. The molecule has 0 spiro atoms. The third-order valence-electron chi connectivity index (χ3n) is 5.01. The first-order chi connectivity index (χ1) is 15.1. The number of hydrogen-bond acceptors (Lipinski definition) is 5. The Morgan fingerprint density at radius 2 is 1.52 bits per heavy atom. The second-order valence-electron chi connectivity index (χ2n) is 7.21. The number of halogens is 1. The Bertz CT molecular complexity index is 1080. The zero-order valence-corrected chi connectivity index (χ0v) is 16.7. The van der Waals surface area contributed by atoms with E-state index in [0.717, 1.165) is 11.3 Å². The average molecular weight is 416 g/mol. The zero-order chi connectivity index (χ0) is 21.6. The molecule has 3 aromatic rings. The van der Waals surface area contributed by atoms with Crippen molar-refractivity contribution < 1.29 is 14.0 Å². The summed E-state index contributed by atoms with van der Waals surface area (Å²) in [4.78, 5) is 26.4. The predicted octanol–water partition coefficient (Wildman–Crippen LogP) is 4.71. The minimum atomic E-state index is -0.564. The van der Waals surface area contributed by atoms with Gasteiger partial charge in [0.1, 0.15) is 5.82 Å². The summed E-state index contributed by atoms with van der Waals surface area (Å²) in [7, 11) is 0. The van der Waals surface area contributed by atoms with E-state index in [1.165, 1.54) is 17.0 Å². The molecular formula is C24H21FN4O2. The number of hydrogen-bond donors (Lipinski definition) is 1. The Balaban J connectivity index is 1.35. The molecule has 0 unspecified atom stereocenters. The minimum absolute atomic E-state index is 0.109. The van der Waals surface area contributed by atoms with Gasteiger partial charge in [0.25, 0.3) is 5.91 Å². The van der Waals surface area contributed by atoms with Crippen LogP contribution in [0.3, 0.4) is 0 Å². The van der Waals surface area contributed by atoms with Gasteiger partial charge >= 0.3 is 0 Å². The molecule has 6 nitrogen and oxygen atoms in total. The van der Waals surface area contributed by atoms with E-state index < -0.39 is 6.04 Å². The number of carbonyl (C=O) groups excluding carboxylic acids is 2. The lowest BCUT2D eigenvalue weighted by Gasteiger charge is -2.15. The first kappa shape index (κ1) is 20.6. The molecule has 1 fully saturated rings. The SMILES string of the molecule is O=C1C[C@@H](NCCc2ccc(F)cc2)C(=O)N1c1ccc(N=Nc2ccccc2)cc1. The van der Waals surface area contributed by atoms with Crippen LogP contribution in [0.2, 0.25) is 0 Å². The van der Waals surface area contributed by atoms with E-state index in [-0.39, 0.29) is 24.1 Å². The molecule has 156 valence electrons. The fourth-order valence-electron chi connectivity index (χ4n) is 3.38.